The van der Waals surface area contributed by atoms with Crippen LogP contribution < -0.4 is 10.6 Å². The van der Waals surface area contributed by atoms with Crippen LogP contribution >= 0.6 is 15.9 Å². The molecule has 1 fully saturated rings. The molecule has 0 radical (unpaired) electrons. The van der Waals surface area contributed by atoms with Gasteiger partial charge in [0.2, 0.25) is 11.8 Å². The number of carbonyl (C=O) groups is 2. The van der Waals surface area contributed by atoms with E-state index in [9.17, 15) is 19.7 Å². The lowest BCUT2D eigenvalue weighted by Crippen LogP contribution is -2.49. The third-order valence-corrected chi connectivity index (χ3v) is 5.52. The molecule has 1 aliphatic heterocycles. The lowest BCUT2D eigenvalue weighted by Gasteiger charge is -2.35. The fraction of sp³-hybridized carbons (Fsp3) is 0.350. The maximum Gasteiger partial charge on any atom is 0.271 e. The number of nitrogens with one attached hydrogen (secondary N) is 2. The van der Waals surface area contributed by atoms with Gasteiger partial charge >= 0.3 is 0 Å². The molecule has 1 aromatic heterocycles. The molecule has 9 nitrogen and oxygen atoms in total. The van der Waals surface area contributed by atoms with Crippen LogP contribution in [0.15, 0.2) is 47.1 Å². The highest BCUT2D eigenvalue weighted by Crippen LogP contribution is 2.22. The van der Waals surface area contributed by atoms with Gasteiger partial charge in [0.05, 0.1) is 16.9 Å². The van der Waals surface area contributed by atoms with E-state index in [-0.39, 0.29) is 23.4 Å². The number of nitro groups is 1. The van der Waals surface area contributed by atoms with E-state index in [4.69, 9.17) is 0 Å². The van der Waals surface area contributed by atoms with Gasteiger partial charge in [0.15, 0.2) is 0 Å². The highest BCUT2D eigenvalue weighted by atomic mass is 79.9. The molecule has 1 saturated heterocycles. The highest BCUT2D eigenvalue weighted by Gasteiger charge is 2.31. The standard InChI is InChI=1S/C20H22BrN5O4/c1-13(19(27)23-16-5-2-6-17(10-16)26(29)30)25-9-3-4-14(12-25)20(28)24-18-8-7-15(21)11-22-18/h2,5-8,10-11,13-14H,3-4,9,12H2,1H3,(H,23,27)(H,22,24,28)/t13-,14+/m1/s1. The Balaban J connectivity index is 1.59. The molecule has 2 atom stereocenters. The summed E-state index contributed by atoms with van der Waals surface area (Å²) < 4.78 is 0.827. The number of amides is 2. The van der Waals surface area contributed by atoms with Crippen LogP contribution in [0.2, 0.25) is 0 Å². The van der Waals surface area contributed by atoms with Gasteiger partial charge in [-0.2, -0.15) is 0 Å². The highest BCUT2D eigenvalue weighted by molar-refractivity contribution is 9.10. The SMILES string of the molecule is C[C@H](C(=O)Nc1cccc([N+](=O)[O-])c1)N1CCC[C@H](C(=O)Nc2ccc(Br)cn2)C1. The van der Waals surface area contributed by atoms with E-state index >= 15 is 0 Å². The summed E-state index contributed by atoms with van der Waals surface area (Å²) in [5, 5.41) is 16.5. The molecule has 0 bridgehead atoms. The number of non-ortho nitro benzene ring substituents is 1. The molecule has 3 rings (SSSR count). The molecule has 30 heavy (non-hydrogen) atoms. The van der Waals surface area contributed by atoms with Gasteiger partial charge in [-0.05, 0) is 60.4 Å². The summed E-state index contributed by atoms with van der Waals surface area (Å²) in [6.07, 6.45) is 3.14. The number of piperidine rings is 1. The van der Waals surface area contributed by atoms with Gasteiger partial charge in [0.1, 0.15) is 5.82 Å². The van der Waals surface area contributed by atoms with Gasteiger partial charge in [0, 0.05) is 35.0 Å². The predicted octanol–water partition coefficient (Wildman–Crippen LogP) is 3.43. The quantitative estimate of drug-likeness (QED) is 0.487. The minimum atomic E-state index is -0.507. The van der Waals surface area contributed by atoms with Crippen LogP contribution in [0.4, 0.5) is 17.2 Å². The zero-order chi connectivity index (χ0) is 21.7. The van der Waals surface area contributed by atoms with Crippen molar-refractivity contribution in [2.75, 3.05) is 23.7 Å². The lowest BCUT2D eigenvalue weighted by molar-refractivity contribution is -0.384. The minimum Gasteiger partial charge on any atom is -0.324 e. The first-order valence-corrected chi connectivity index (χ1v) is 10.3. The molecule has 10 heteroatoms. The Morgan fingerprint density at radius 1 is 1.30 bits per heavy atom. The second-order valence-electron chi connectivity index (χ2n) is 7.16. The Kier molecular flexibility index (Phi) is 7.11. The largest absolute Gasteiger partial charge is 0.324 e. The van der Waals surface area contributed by atoms with Crippen LogP contribution in [0.1, 0.15) is 19.8 Å². The summed E-state index contributed by atoms with van der Waals surface area (Å²) in [6.45, 7) is 2.92. The van der Waals surface area contributed by atoms with Crippen molar-refractivity contribution in [1.82, 2.24) is 9.88 Å². The van der Waals surface area contributed by atoms with E-state index in [2.05, 4.69) is 31.5 Å². The number of rotatable bonds is 6. The first kappa shape index (κ1) is 21.8. The number of halogens is 1. The van der Waals surface area contributed by atoms with Gasteiger partial charge in [-0.25, -0.2) is 4.98 Å². The number of carbonyl (C=O) groups excluding carboxylic acids is 2. The van der Waals surface area contributed by atoms with E-state index in [1.807, 2.05) is 4.90 Å². The Morgan fingerprint density at radius 2 is 2.10 bits per heavy atom. The fourth-order valence-corrected chi connectivity index (χ4v) is 3.59. The molecule has 0 saturated carbocycles. The maximum atomic E-state index is 12.7. The fourth-order valence-electron chi connectivity index (χ4n) is 3.36. The van der Waals surface area contributed by atoms with Crippen molar-refractivity contribution in [3.05, 3.63) is 57.2 Å². The molecule has 2 aromatic rings. The summed E-state index contributed by atoms with van der Waals surface area (Å²) >= 11 is 3.31. The molecule has 158 valence electrons. The van der Waals surface area contributed by atoms with Crippen molar-refractivity contribution >= 4 is 44.9 Å². The summed E-state index contributed by atoms with van der Waals surface area (Å²) in [5.41, 5.74) is 0.283. The van der Waals surface area contributed by atoms with Crippen molar-refractivity contribution in [1.29, 1.82) is 0 Å². The van der Waals surface area contributed by atoms with Crippen LogP contribution in [-0.4, -0.2) is 45.8 Å². The zero-order valence-corrected chi connectivity index (χ0v) is 18.0. The van der Waals surface area contributed by atoms with Gasteiger partial charge in [0.25, 0.3) is 5.69 Å². The first-order chi connectivity index (χ1) is 14.3. The van der Waals surface area contributed by atoms with E-state index in [0.29, 0.717) is 24.6 Å². The number of anilines is 2. The zero-order valence-electron chi connectivity index (χ0n) is 16.4. The molecule has 1 aromatic carbocycles. The predicted molar refractivity (Wildman–Crippen MR) is 116 cm³/mol. The third kappa shape index (κ3) is 5.61. The van der Waals surface area contributed by atoms with Crippen molar-refractivity contribution in [3.63, 3.8) is 0 Å². The molecule has 0 spiro atoms. The van der Waals surface area contributed by atoms with Gasteiger partial charge in [-0.3, -0.25) is 24.6 Å². The number of nitro benzene ring substituents is 1. The number of hydrogen-bond donors (Lipinski definition) is 2. The summed E-state index contributed by atoms with van der Waals surface area (Å²) in [4.78, 5) is 41.8. The van der Waals surface area contributed by atoms with Crippen LogP contribution in [0.3, 0.4) is 0 Å². The third-order valence-electron chi connectivity index (χ3n) is 5.05. The molecular weight excluding hydrogens is 454 g/mol. The second kappa shape index (κ2) is 9.77. The number of hydrogen-bond acceptors (Lipinski definition) is 6. The van der Waals surface area contributed by atoms with E-state index in [0.717, 1.165) is 17.3 Å². The summed E-state index contributed by atoms with van der Waals surface area (Å²) in [6, 6.07) is 8.86. The average molecular weight is 476 g/mol. The van der Waals surface area contributed by atoms with Crippen molar-refractivity contribution in [2.45, 2.75) is 25.8 Å². The number of likely N-dealkylation sites (tertiary alicyclic amines) is 1. The van der Waals surface area contributed by atoms with E-state index in [1.165, 1.54) is 18.2 Å². The summed E-state index contributed by atoms with van der Waals surface area (Å²) in [5.74, 6) is -0.166. The smallest absolute Gasteiger partial charge is 0.271 e. The van der Waals surface area contributed by atoms with Crippen LogP contribution in [0.25, 0.3) is 0 Å². The lowest BCUT2D eigenvalue weighted by atomic mass is 9.96. The molecule has 2 amide bonds. The summed E-state index contributed by atoms with van der Waals surface area (Å²) in [7, 11) is 0. The molecule has 0 aliphatic carbocycles. The molecule has 0 unspecified atom stereocenters. The van der Waals surface area contributed by atoms with E-state index in [1.54, 1.807) is 31.3 Å². The number of benzene rings is 1. The normalized spacial score (nSPS) is 17.7. The van der Waals surface area contributed by atoms with Gasteiger partial charge < -0.3 is 10.6 Å². The Morgan fingerprint density at radius 3 is 2.80 bits per heavy atom. The minimum absolute atomic E-state index is 0.0864. The Bertz CT molecular complexity index is 937. The number of pyridine rings is 1. The van der Waals surface area contributed by atoms with Crippen LogP contribution in [0.5, 0.6) is 0 Å². The maximum absolute atomic E-state index is 12.7. The second-order valence-corrected chi connectivity index (χ2v) is 8.07. The van der Waals surface area contributed by atoms with Crippen molar-refractivity contribution in [3.8, 4) is 0 Å². The van der Waals surface area contributed by atoms with Crippen molar-refractivity contribution in [2.24, 2.45) is 5.92 Å². The Labute approximate surface area is 182 Å². The number of aromatic nitrogens is 1. The molecular formula is C20H22BrN5O4. The molecule has 2 heterocycles. The average Bonchev–Trinajstić information content (AvgIpc) is 2.75. The van der Waals surface area contributed by atoms with E-state index < -0.39 is 11.0 Å². The van der Waals surface area contributed by atoms with Gasteiger partial charge in [-0.15, -0.1) is 0 Å². The van der Waals surface area contributed by atoms with Gasteiger partial charge in [-0.1, -0.05) is 6.07 Å². The topological polar surface area (TPSA) is 117 Å². The molecule has 1 aliphatic rings. The first-order valence-electron chi connectivity index (χ1n) is 9.55. The number of nitrogens with zero attached hydrogens (tertiary/aromatic N) is 3. The Hall–Kier alpha value is -2.85. The molecule has 2 N–H and O–H groups in total. The monoisotopic (exact) mass is 475 g/mol. The van der Waals surface area contributed by atoms with Crippen molar-refractivity contribution < 1.29 is 14.5 Å². The van der Waals surface area contributed by atoms with Crippen LogP contribution in [0, 0.1) is 16.0 Å². The van der Waals surface area contributed by atoms with Crippen LogP contribution in [-0.2, 0) is 9.59 Å².